The van der Waals surface area contributed by atoms with Gasteiger partial charge in [-0.1, -0.05) is 11.6 Å². The minimum Gasteiger partial charge on any atom is -0.453 e. The average molecular weight is 320 g/mol. The average Bonchev–Trinajstić information content (AvgIpc) is 2.95. The van der Waals surface area contributed by atoms with Gasteiger partial charge >= 0.3 is 0 Å². The van der Waals surface area contributed by atoms with Crippen LogP contribution in [0.2, 0.25) is 5.02 Å². The van der Waals surface area contributed by atoms with Crippen LogP contribution < -0.4 is 4.90 Å². The van der Waals surface area contributed by atoms with E-state index in [4.69, 9.17) is 20.8 Å². The molecule has 1 aromatic heterocycles. The van der Waals surface area contributed by atoms with Gasteiger partial charge in [0.2, 0.25) is 0 Å². The van der Waals surface area contributed by atoms with E-state index in [0.717, 1.165) is 24.3 Å². The molecule has 1 fully saturated rings. The third-order valence-corrected chi connectivity index (χ3v) is 4.04. The minimum absolute atomic E-state index is 0.180. The highest BCUT2D eigenvalue weighted by Crippen LogP contribution is 2.33. The molecule has 0 radical (unpaired) electrons. The summed E-state index contributed by atoms with van der Waals surface area (Å²) >= 11 is 6.46. The van der Waals surface area contributed by atoms with Crippen LogP contribution in [0.1, 0.15) is 24.4 Å². The summed E-state index contributed by atoms with van der Waals surface area (Å²) in [4.78, 5) is 12.9. The second-order valence-electron chi connectivity index (χ2n) is 5.65. The van der Waals surface area contributed by atoms with Crippen molar-refractivity contribution >= 4 is 23.6 Å². The number of nitrogens with zero attached hydrogens (tertiary/aromatic N) is 1. The molecule has 3 rings (SSSR count). The third kappa shape index (κ3) is 3.03. The molecule has 2 heterocycles. The summed E-state index contributed by atoms with van der Waals surface area (Å²) in [6.45, 7) is 5.77. The van der Waals surface area contributed by atoms with Crippen LogP contribution in [-0.4, -0.2) is 31.6 Å². The predicted molar refractivity (Wildman–Crippen MR) is 86.8 cm³/mol. The Morgan fingerprint density at radius 3 is 2.50 bits per heavy atom. The molecule has 1 aliphatic heterocycles. The van der Waals surface area contributed by atoms with Crippen molar-refractivity contribution in [3.8, 4) is 11.3 Å². The van der Waals surface area contributed by atoms with Gasteiger partial charge in [-0.15, -0.1) is 0 Å². The highest BCUT2D eigenvalue weighted by atomic mass is 35.5. The second-order valence-corrected chi connectivity index (χ2v) is 6.06. The molecule has 0 amide bonds. The van der Waals surface area contributed by atoms with E-state index >= 15 is 0 Å². The molecular formula is C17H18ClNO3. The highest BCUT2D eigenvalue weighted by Gasteiger charge is 2.24. The van der Waals surface area contributed by atoms with Gasteiger partial charge in [0.05, 0.1) is 22.9 Å². The van der Waals surface area contributed by atoms with E-state index in [0.29, 0.717) is 22.8 Å². The van der Waals surface area contributed by atoms with Gasteiger partial charge < -0.3 is 14.1 Å². The Kier molecular flexibility index (Phi) is 4.23. The molecule has 0 saturated carbocycles. The van der Waals surface area contributed by atoms with Crippen molar-refractivity contribution < 1.29 is 13.9 Å². The van der Waals surface area contributed by atoms with Crippen LogP contribution in [0.4, 0.5) is 5.69 Å². The molecule has 1 aromatic carbocycles. The fourth-order valence-corrected chi connectivity index (χ4v) is 3.16. The monoisotopic (exact) mass is 319 g/mol. The fraction of sp³-hybridized carbons (Fsp3) is 0.353. The van der Waals surface area contributed by atoms with Gasteiger partial charge in [0.15, 0.2) is 12.0 Å². The van der Waals surface area contributed by atoms with Gasteiger partial charge in [0.1, 0.15) is 5.76 Å². The van der Waals surface area contributed by atoms with Gasteiger partial charge in [-0.25, -0.2) is 0 Å². The number of carbonyl (C=O) groups is 1. The number of ether oxygens (including phenoxy) is 1. The lowest BCUT2D eigenvalue weighted by molar-refractivity contribution is -0.00520. The van der Waals surface area contributed by atoms with Crippen molar-refractivity contribution in [1.82, 2.24) is 0 Å². The first-order valence-electron chi connectivity index (χ1n) is 7.32. The number of furan rings is 1. The number of carbonyl (C=O) groups excluding carboxylic acids is 1. The zero-order chi connectivity index (χ0) is 15.7. The van der Waals surface area contributed by atoms with Crippen LogP contribution in [0.25, 0.3) is 11.3 Å². The normalized spacial score (nSPS) is 21.9. The van der Waals surface area contributed by atoms with Crippen LogP contribution in [0, 0.1) is 0 Å². The Labute approximate surface area is 134 Å². The van der Waals surface area contributed by atoms with E-state index in [1.165, 1.54) is 0 Å². The van der Waals surface area contributed by atoms with Gasteiger partial charge in [-0.3, -0.25) is 4.79 Å². The summed E-state index contributed by atoms with van der Waals surface area (Å²) < 4.78 is 11.2. The lowest BCUT2D eigenvalue weighted by Crippen LogP contribution is -2.45. The zero-order valence-electron chi connectivity index (χ0n) is 12.6. The molecule has 0 N–H and O–H groups in total. The van der Waals surface area contributed by atoms with E-state index in [9.17, 15) is 4.79 Å². The largest absolute Gasteiger partial charge is 0.453 e. The number of morpholine rings is 1. The molecule has 4 nitrogen and oxygen atoms in total. The Morgan fingerprint density at radius 1 is 1.18 bits per heavy atom. The Balaban J connectivity index is 1.87. The SMILES string of the molecule is CC1CN(c2ccc(-c3ccc(C=O)o3)cc2Cl)CC(C)O1. The summed E-state index contributed by atoms with van der Waals surface area (Å²) in [5.41, 5.74) is 1.85. The molecule has 1 aliphatic rings. The summed E-state index contributed by atoms with van der Waals surface area (Å²) in [5, 5.41) is 0.669. The van der Waals surface area contributed by atoms with Gasteiger partial charge in [0.25, 0.3) is 0 Å². The quantitative estimate of drug-likeness (QED) is 0.801. The number of hydrogen-bond donors (Lipinski definition) is 0. The lowest BCUT2D eigenvalue weighted by Gasteiger charge is -2.37. The van der Waals surface area contributed by atoms with E-state index in [1.807, 2.05) is 18.2 Å². The van der Waals surface area contributed by atoms with Crippen molar-refractivity contribution in [2.24, 2.45) is 0 Å². The number of aldehydes is 1. The van der Waals surface area contributed by atoms with Gasteiger partial charge in [-0.2, -0.15) is 0 Å². The standard InChI is InChI=1S/C17H18ClNO3/c1-11-8-19(9-12(2)21-11)16-5-3-13(7-15(16)18)17-6-4-14(10-20)22-17/h3-7,10-12H,8-9H2,1-2H3. The maximum Gasteiger partial charge on any atom is 0.185 e. The van der Waals surface area contributed by atoms with E-state index in [1.54, 1.807) is 12.1 Å². The number of anilines is 1. The van der Waals surface area contributed by atoms with Crippen LogP contribution >= 0.6 is 11.6 Å². The zero-order valence-corrected chi connectivity index (χ0v) is 13.3. The molecular weight excluding hydrogens is 302 g/mol. The Hall–Kier alpha value is -1.78. The summed E-state index contributed by atoms with van der Waals surface area (Å²) in [7, 11) is 0. The van der Waals surface area contributed by atoms with Crippen molar-refractivity contribution in [3.05, 3.63) is 41.1 Å². The number of halogens is 1. The Bertz CT molecular complexity index is 672. The maximum atomic E-state index is 10.7. The smallest absolute Gasteiger partial charge is 0.185 e. The van der Waals surface area contributed by atoms with Crippen LogP contribution in [0.3, 0.4) is 0 Å². The first kappa shape index (κ1) is 15.1. The van der Waals surface area contributed by atoms with E-state index in [-0.39, 0.29) is 12.2 Å². The molecule has 5 heteroatoms. The van der Waals surface area contributed by atoms with E-state index in [2.05, 4.69) is 18.7 Å². The molecule has 2 atom stereocenters. The minimum atomic E-state index is 0.180. The molecule has 2 aromatic rings. The lowest BCUT2D eigenvalue weighted by atomic mass is 10.1. The molecule has 1 saturated heterocycles. The highest BCUT2D eigenvalue weighted by molar-refractivity contribution is 6.33. The first-order valence-corrected chi connectivity index (χ1v) is 7.70. The molecule has 116 valence electrons. The third-order valence-electron chi connectivity index (χ3n) is 3.74. The molecule has 0 spiro atoms. The molecule has 0 bridgehead atoms. The van der Waals surface area contributed by atoms with Gasteiger partial charge in [-0.05, 0) is 44.2 Å². The van der Waals surface area contributed by atoms with Gasteiger partial charge in [0, 0.05) is 18.7 Å². The molecule has 22 heavy (non-hydrogen) atoms. The van der Waals surface area contributed by atoms with Crippen molar-refractivity contribution in [2.45, 2.75) is 26.1 Å². The van der Waals surface area contributed by atoms with Crippen LogP contribution in [0.5, 0.6) is 0 Å². The molecule has 0 aliphatic carbocycles. The van der Waals surface area contributed by atoms with Crippen LogP contribution in [-0.2, 0) is 4.74 Å². The summed E-state index contributed by atoms with van der Waals surface area (Å²) in [6, 6.07) is 9.24. The van der Waals surface area contributed by atoms with Crippen molar-refractivity contribution in [2.75, 3.05) is 18.0 Å². The molecule has 2 unspecified atom stereocenters. The topological polar surface area (TPSA) is 42.7 Å². The van der Waals surface area contributed by atoms with E-state index < -0.39 is 0 Å². The Morgan fingerprint density at radius 2 is 1.91 bits per heavy atom. The fourth-order valence-electron chi connectivity index (χ4n) is 2.86. The number of benzene rings is 1. The summed E-state index contributed by atoms with van der Waals surface area (Å²) in [6.07, 6.45) is 1.05. The number of hydrogen-bond acceptors (Lipinski definition) is 4. The second kappa shape index (κ2) is 6.15. The number of rotatable bonds is 3. The van der Waals surface area contributed by atoms with Crippen LogP contribution in [0.15, 0.2) is 34.7 Å². The first-order chi connectivity index (χ1) is 10.6. The van der Waals surface area contributed by atoms with Crippen molar-refractivity contribution in [1.29, 1.82) is 0 Å². The predicted octanol–water partition coefficient (Wildman–Crippen LogP) is 4.03. The van der Waals surface area contributed by atoms with Crippen molar-refractivity contribution in [3.63, 3.8) is 0 Å². The maximum absolute atomic E-state index is 10.7. The summed E-state index contributed by atoms with van der Waals surface area (Å²) in [5.74, 6) is 0.949.